The number of thiazole rings is 1. The summed E-state index contributed by atoms with van der Waals surface area (Å²) in [7, 11) is 2.03. The van der Waals surface area contributed by atoms with Crippen molar-refractivity contribution < 1.29 is 0 Å². The van der Waals surface area contributed by atoms with Crippen molar-refractivity contribution in [2.75, 3.05) is 7.05 Å². The van der Waals surface area contributed by atoms with Crippen LogP contribution in [-0.2, 0) is 13.1 Å². The number of hydrogen-bond donors (Lipinski definition) is 0. The van der Waals surface area contributed by atoms with Gasteiger partial charge in [-0.3, -0.25) is 14.1 Å². The number of aromatic nitrogens is 2. The van der Waals surface area contributed by atoms with Gasteiger partial charge in [0, 0.05) is 34.7 Å². The second-order valence-corrected chi connectivity index (χ2v) is 7.51. The van der Waals surface area contributed by atoms with Crippen LogP contribution in [-0.4, -0.2) is 21.3 Å². The number of hydrogen-bond acceptors (Lipinski definition) is 4. The van der Waals surface area contributed by atoms with E-state index in [0.717, 1.165) is 26.5 Å². The highest BCUT2D eigenvalue weighted by atomic mass is 79.9. The van der Waals surface area contributed by atoms with Crippen LogP contribution in [0.3, 0.4) is 0 Å². The summed E-state index contributed by atoms with van der Waals surface area (Å²) in [6.45, 7) is 3.45. The molecule has 2 aromatic heterocycles. The maximum absolute atomic E-state index is 12.1. The minimum atomic E-state index is -0.0126. The van der Waals surface area contributed by atoms with Gasteiger partial charge in [-0.15, -0.1) is 11.3 Å². The average Bonchev–Trinajstić information content (AvgIpc) is 2.82. The fraction of sp³-hybridized carbons (Fsp3) is 0.250. The van der Waals surface area contributed by atoms with Crippen molar-refractivity contribution in [2.45, 2.75) is 20.0 Å². The van der Waals surface area contributed by atoms with Gasteiger partial charge in [-0.25, -0.2) is 4.98 Å². The largest absolute Gasteiger partial charge is 0.296 e. The third kappa shape index (κ3) is 3.45. The molecule has 4 nitrogen and oxygen atoms in total. The zero-order valence-corrected chi connectivity index (χ0v) is 14.8. The van der Waals surface area contributed by atoms with Gasteiger partial charge in [0.15, 0.2) is 4.96 Å². The van der Waals surface area contributed by atoms with Crippen LogP contribution in [0.5, 0.6) is 0 Å². The Bertz CT molecular complexity index is 854. The lowest BCUT2D eigenvalue weighted by atomic mass is 10.2. The van der Waals surface area contributed by atoms with E-state index in [1.54, 1.807) is 21.8 Å². The summed E-state index contributed by atoms with van der Waals surface area (Å²) in [5, 5.41) is 0. The van der Waals surface area contributed by atoms with Crippen LogP contribution in [0.15, 0.2) is 45.8 Å². The van der Waals surface area contributed by atoms with Gasteiger partial charge in [0.1, 0.15) is 0 Å². The predicted molar refractivity (Wildman–Crippen MR) is 93.4 cm³/mol. The first-order valence-corrected chi connectivity index (χ1v) is 8.54. The van der Waals surface area contributed by atoms with Crippen molar-refractivity contribution >= 4 is 32.2 Å². The van der Waals surface area contributed by atoms with Gasteiger partial charge in [-0.1, -0.05) is 28.1 Å². The zero-order valence-electron chi connectivity index (χ0n) is 12.4. The van der Waals surface area contributed by atoms with Gasteiger partial charge >= 0.3 is 0 Å². The molecule has 0 aliphatic carbocycles. The smallest absolute Gasteiger partial charge is 0.258 e. The molecule has 0 aliphatic heterocycles. The SMILES string of the molecule is Cc1cn2c(=O)cc(CN(C)Cc3ccc(Br)cc3)nc2s1. The Morgan fingerprint density at radius 1 is 1.27 bits per heavy atom. The molecule has 0 bridgehead atoms. The molecular weight excluding hydrogens is 362 g/mol. The summed E-state index contributed by atoms with van der Waals surface area (Å²) < 4.78 is 2.69. The molecule has 3 aromatic rings. The molecule has 6 heteroatoms. The Morgan fingerprint density at radius 3 is 2.73 bits per heavy atom. The highest BCUT2D eigenvalue weighted by Gasteiger charge is 2.08. The van der Waals surface area contributed by atoms with E-state index in [2.05, 4.69) is 37.9 Å². The van der Waals surface area contributed by atoms with E-state index in [-0.39, 0.29) is 5.56 Å². The molecule has 0 atom stereocenters. The first-order valence-electron chi connectivity index (χ1n) is 6.93. The Hall–Kier alpha value is -1.50. The van der Waals surface area contributed by atoms with E-state index < -0.39 is 0 Å². The summed E-state index contributed by atoms with van der Waals surface area (Å²) in [6.07, 6.45) is 1.84. The van der Waals surface area contributed by atoms with Crippen LogP contribution >= 0.6 is 27.3 Å². The van der Waals surface area contributed by atoms with Crippen molar-refractivity contribution in [1.82, 2.24) is 14.3 Å². The minimum absolute atomic E-state index is 0.0126. The number of nitrogens with zero attached hydrogens (tertiary/aromatic N) is 3. The fourth-order valence-corrected chi connectivity index (χ4v) is 3.49. The number of aryl methyl sites for hydroxylation is 1. The fourth-order valence-electron chi connectivity index (χ4n) is 2.37. The summed E-state index contributed by atoms with van der Waals surface area (Å²) in [6, 6.07) is 9.88. The van der Waals surface area contributed by atoms with Crippen LogP contribution in [0.1, 0.15) is 16.1 Å². The third-order valence-corrected chi connectivity index (χ3v) is 4.76. The van der Waals surface area contributed by atoms with Crippen molar-refractivity contribution in [1.29, 1.82) is 0 Å². The molecule has 114 valence electrons. The maximum Gasteiger partial charge on any atom is 0.258 e. The molecule has 1 aromatic carbocycles. The molecule has 0 radical (unpaired) electrons. The average molecular weight is 378 g/mol. The van der Waals surface area contributed by atoms with E-state index in [0.29, 0.717) is 6.54 Å². The zero-order chi connectivity index (χ0) is 15.7. The van der Waals surface area contributed by atoms with Crippen molar-refractivity contribution in [3.05, 3.63) is 67.5 Å². The first kappa shape index (κ1) is 15.4. The predicted octanol–water partition coefficient (Wildman–Crippen LogP) is 3.46. The van der Waals surface area contributed by atoms with Crippen molar-refractivity contribution in [3.63, 3.8) is 0 Å². The lowest BCUT2D eigenvalue weighted by molar-refractivity contribution is 0.315. The topological polar surface area (TPSA) is 37.6 Å². The van der Waals surface area contributed by atoms with Crippen molar-refractivity contribution in [2.24, 2.45) is 0 Å². The summed E-state index contributed by atoms with van der Waals surface area (Å²) >= 11 is 4.98. The Balaban J connectivity index is 1.77. The Morgan fingerprint density at radius 2 is 2.00 bits per heavy atom. The number of fused-ring (bicyclic) bond motifs is 1. The second-order valence-electron chi connectivity index (χ2n) is 5.38. The monoisotopic (exact) mass is 377 g/mol. The van der Waals surface area contributed by atoms with Gasteiger partial charge in [0.25, 0.3) is 5.56 Å². The van der Waals surface area contributed by atoms with Gasteiger partial charge in [0.2, 0.25) is 0 Å². The van der Waals surface area contributed by atoms with Crippen LogP contribution < -0.4 is 5.56 Å². The van der Waals surface area contributed by atoms with Gasteiger partial charge in [-0.05, 0) is 31.7 Å². The standard InChI is InChI=1S/C16H16BrN3OS/c1-11-8-20-15(21)7-14(18-16(20)22-11)10-19(2)9-12-3-5-13(17)6-4-12/h3-8H,9-10H2,1-2H3. The molecule has 2 heterocycles. The summed E-state index contributed by atoms with van der Waals surface area (Å²) in [4.78, 5) is 20.7. The molecule has 0 spiro atoms. The third-order valence-electron chi connectivity index (χ3n) is 3.33. The summed E-state index contributed by atoms with van der Waals surface area (Å²) in [5.74, 6) is 0. The van der Waals surface area contributed by atoms with Crippen LogP contribution in [0.25, 0.3) is 4.96 Å². The van der Waals surface area contributed by atoms with E-state index in [9.17, 15) is 4.79 Å². The molecule has 0 N–H and O–H groups in total. The quantitative estimate of drug-likeness (QED) is 0.698. The first-order chi connectivity index (χ1) is 10.5. The van der Waals surface area contributed by atoms with Crippen LogP contribution in [0, 0.1) is 6.92 Å². The van der Waals surface area contributed by atoms with E-state index in [4.69, 9.17) is 0 Å². The molecule has 0 amide bonds. The van der Waals surface area contributed by atoms with E-state index in [1.807, 2.05) is 32.3 Å². The lowest BCUT2D eigenvalue weighted by Gasteiger charge is -2.16. The second kappa shape index (κ2) is 6.32. The van der Waals surface area contributed by atoms with E-state index >= 15 is 0 Å². The highest BCUT2D eigenvalue weighted by molar-refractivity contribution is 9.10. The Kier molecular flexibility index (Phi) is 4.42. The highest BCUT2D eigenvalue weighted by Crippen LogP contribution is 2.15. The normalized spacial score (nSPS) is 11.5. The molecule has 3 rings (SSSR count). The minimum Gasteiger partial charge on any atom is -0.296 e. The molecule has 0 fully saturated rings. The van der Waals surface area contributed by atoms with Crippen LogP contribution in [0.2, 0.25) is 0 Å². The number of benzene rings is 1. The molecular formula is C16H16BrN3OS. The van der Waals surface area contributed by atoms with Gasteiger partial charge < -0.3 is 0 Å². The molecule has 0 saturated carbocycles. The maximum atomic E-state index is 12.1. The molecule has 0 aliphatic rings. The molecule has 0 unspecified atom stereocenters. The van der Waals surface area contributed by atoms with Crippen molar-refractivity contribution in [3.8, 4) is 0 Å². The molecule has 0 saturated heterocycles. The van der Waals surface area contributed by atoms with Gasteiger partial charge in [0.05, 0.1) is 5.69 Å². The lowest BCUT2D eigenvalue weighted by Crippen LogP contribution is -2.21. The number of rotatable bonds is 4. The van der Waals surface area contributed by atoms with Gasteiger partial charge in [-0.2, -0.15) is 0 Å². The Labute approximate surface area is 141 Å². The van der Waals surface area contributed by atoms with Crippen LogP contribution in [0.4, 0.5) is 0 Å². The summed E-state index contributed by atoms with van der Waals surface area (Å²) in [5.41, 5.74) is 2.03. The number of halogens is 1. The molecule has 22 heavy (non-hydrogen) atoms. The van der Waals surface area contributed by atoms with E-state index in [1.165, 1.54) is 5.56 Å².